The number of nitrogens with zero attached hydrogens (tertiary/aromatic N) is 4. The molecule has 114 valence electrons. The number of alkyl halides is 1. The third-order valence-electron chi connectivity index (χ3n) is 2.93. The number of aryl methyl sites for hydroxylation is 2. The predicted molar refractivity (Wildman–Crippen MR) is 72.0 cm³/mol. The van der Waals surface area contributed by atoms with Gasteiger partial charge in [-0.15, -0.1) is 0 Å². The molecule has 1 atom stereocenters. The second kappa shape index (κ2) is 6.02. The van der Waals surface area contributed by atoms with Crippen LogP contribution in [0.2, 0.25) is 0 Å². The standard InChI is InChI=1S/C13H16F2N4O2/c1-4-9-5-11(19-13(20)18(3)16-17-19)12(6-10(9)15)21-7-8(2)14/h5-6,8H,4,7H2,1-3H3/t8-/m0/s1. The smallest absolute Gasteiger partial charge is 0.368 e. The first-order valence-electron chi connectivity index (χ1n) is 6.52. The number of rotatable bonds is 5. The highest BCUT2D eigenvalue weighted by atomic mass is 19.1. The van der Waals surface area contributed by atoms with Crippen molar-refractivity contribution in [1.82, 2.24) is 19.8 Å². The lowest BCUT2D eigenvalue weighted by atomic mass is 10.1. The summed E-state index contributed by atoms with van der Waals surface area (Å²) >= 11 is 0. The molecule has 0 unspecified atom stereocenters. The van der Waals surface area contributed by atoms with Gasteiger partial charge in [0.25, 0.3) is 0 Å². The van der Waals surface area contributed by atoms with Gasteiger partial charge in [0.05, 0.1) is 0 Å². The van der Waals surface area contributed by atoms with Crippen molar-refractivity contribution >= 4 is 0 Å². The van der Waals surface area contributed by atoms with Crippen LogP contribution in [0.3, 0.4) is 0 Å². The van der Waals surface area contributed by atoms with E-state index in [4.69, 9.17) is 4.74 Å². The van der Waals surface area contributed by atoms with Crippen molar-refractivity contribution in [2.75, 3.05) is 6.61 Å². The average molecular weight is 298 g/mol. The van der Waals surface area contributed by atoms with Gasteiger partial charge in [0.1, 0.15) is 30.0 Å². The molecule has 0 spiro atoms. The summed E-state index contributed by atoms with van der Waals surface area (Å²) in [5.74, 6) is -0.420. The average Bonchev–Trinajstić information content (AvgIpc) is 2.77. The summed E-state index contributed by atoms with van der Waals surface area (Å²) in [5, 5.41) is 7.30. The van der Waals surface area contributed by atoms with Crippen LogP contribution in [0.15, 0.2) is 16.9 Å². The maximum atomic E-state index is 13.9. The molecule has 0 N–H and O–H groups in total. The molecule has 0 amide bonds. The Hall–Kier alpha value is -2.25. The Balaban J connectivity index is 2.55. The minimum atomic E-state index is -1.22. The highest BCUT2D eigenvalue weighted by Gasteiger charge is 2.16. The number of benzene rings is 1. The van der Waals surface area contributed by atoms with Crippen LogP contribution in [-0.2, 0) is 13.5 Å². The van der Waals surface area contributed by atoms with Crippen LogP contribution >= 0.6 is 0 Å². The molecule has 0 aliphatic carbocycles. The number of ether oxygens (including phenoxy) is 1. The van der Waals surface area contributed by atoms with Gasteiger partial charge in [-0.2, -0.15) is 9.36 Å². The van der Waals surface area contributed by atoms with Crippen molar-refractivity contribution in [3.05, 3.63) is 34.0 Å². The van der Waals surface area contributed by atoms with E-state index in [1.54, 1.807) is 6.92 Å². The molecule has 1 heterocycles. The zero-order chi connectivity index (χ0) is 15.6. The lowest BCUT2D eigenvalue weighted by molar-refractivity contribution is 0.208. The molecule has 0 saturated carbocycles. The van der Waals surface area contributed by atoms with Gasteiger partial charge in [-0.25, -0.2) is 13.6 Å². The molecule has 1 aromatic heterocycles. The number of aromatic nitrogens is 4. The van der Waals surface area contributed by atoms with Crippen molar-refractivity contribution in [2.24, 2.45) is 7.05 Å². The van der Waals surface area contributed by atoms with Crippen LogP contribution in [0.5, 0.6) is 5.75 Å². The lowest BCUT2D eigenvalue weighted by Gasteiger charge is -2.13. The van der Waals surface area contributed by atoms with Gasteiger partial charge < -0.3 is 4.74 Å². The topological polar surface area (TPSA) is 61.9 Å². The molecule has 0 fully saturated rings. The fourth-order valence-corrected chi connectivity index (χ4v) is 1.81. The molecule has 0 aliphatic rings. The van der Waals surface area contributed by atoms with E-state index in [9.17, 15) is 13.6 Å². The Labute approximate surface area is 119 Å². The summed E-state index contributed by atoms with van der Waals surface area (Å²) < 4.78 is 34.1. The summed E-state index contributed by atoms with van der Waals surface area (Å²) in [4.78, 5) is 11.9. The lowest BCUT2D eigenvalue weighted by Crippen LogP contribution is -2.23. The second-order valence-electron chi connectivity index (χ2n) is 4.65. The number of tetrazole rings is 1. The Morgan fingerprint density at radius 1 is 1.38 bits per heavy atom. The fourth-order valence-electron chi connectivity index (χ4n) is 1.81. The van der Waals surface area contributed by atoms with Crippen LogP contribution in [0.4, 0.5) is 8.78 Å². The minimum absolute atomic E-state index is 0.0526. The Morgan fingerprint density at radius 2 is 2.10 bits per heavy atom. The maximum Gasteiger partial charge on any atom is 0.368 e. The van der Waals surface area contributed by atoms with Gasteiger partial charge >= 0.3 is 5.69 Å². The van der Waals surface area contributed by atoms with Gasteiger partial charge in [-0.05, 0) is 35.4 Å². The summed E-state index contributed by atoms with van der Waals surface area (Å²) in [5.41, 5.74) is 0.150. The summed E-state index contributed by atoms with van der Waals surface area (Å²) in [6.07, 6.45) is -0.779. The minimum Gasteiger partial charge on any atom is -0.488 e. The van der Waals surface area contributed by atoms with Crippen molar-refractivity contribution in [3.8, 4) is 11.4 Å². The van der Waals surface area contributed by atoms with Crippen LogP contribution < -0.4 is 10.4 Å². The van der Waals surface area contributed by atoms with Crippen molar-refractivity contribution in [3.63, 3.8) is 0 Å². The third kappa shape index (κ3) is 3.09. The SMILES string of the molecule is CCc1cc(-n2nnn(C)c2=O)c(OC[C@H](C)F)cc1F. The van der Waals surface area contributed by atoms with Crippen LogP contribution in [0.1, 0.15) is 19.4 Å². The zero-order valence-electron chi connectivity index (χ0n) is 12.0. The number of hydrogen-bond acceptors (Lipinski definition) is 4. The van der Waals surface area contributed by atoms with E-state index < -0.39 is 17.7 Å². The van der Waals surface area contributed by atoms with E-state index in [0.717, 1.165) is 15.4 Å². The Bertz CT molecular complexity index is 694. The number of hydrogen-bond donors (Lipinski definition) is 0. The van der Waals surface area contributed by atoms with Gasteiger partial charge in [0.15, 0.2) is 0 Å². The molecule has 0 saturated heterocycles. The maximum absolute atomic E-state index is 13.9. The van der Waals surface area contributed by atoms with Crippen LogP contribution in [0.25, 0.3) is 5.69 Å². The Kier molecular flexibility index (Phi) is 4.35. The molecule has 0 bridgehead atoms. The van der Waals surface area contributed by atoms with Crippen LogP contribution in [0, 0.1) is 5.82 Å². The number of halogens is 2. The fraction of sp³-hybridized carbons (Fsp3) is 0.462. The molecule has 2 aromatic rings. The van der Waals surface area contributed by atoms with Crippen LogP contribution in [-0.4, -0.2) is 32.6 Å². The normalized spacial score (nSPS) is 12.4. The van der Waals surface area contributed by atoms with E-state index in [2.05, 4.69) is 10.4 Å². The molecule has 0 radical (unpaired) electrons. The molecule has 21 heavy (non-hydrogen) atoms. The first-order chi connectivity index (χ1) is 9.93. The van der Waals surface area contributed by atoms with Gasteiger partial charge in [0.2, 0.25) is 0 Å². The van der Waals surface area contributed by atoms with Crippen molar-refractivity contribution in [2.45, 2.75) is 26.4 Å². The summed E-state index contributed by atoms with van der Waals surface area (Å²) in [6, 6.07) is 2.60. The molecule has 0 aliphatic heterocycles. The summed E-state index contributed by atoms with van der Waals surface area (Å²) in [7, 11) is 1.44. The van der Waals surface area contributed by atoms with E-state index >= 15 is 0 Å². The van der Waals surface area contributed by atoms with Gasteiger partial charge in [-0.1, -0.05) is 6.92 Å². The Morgan fingerprint density at radius 3 is 2.62 bits per heavy atom. The first-order valence-corrected chi connectivity index (χ1v) is 6.52. The monoisotopic (exact) mass is 298 g/mol. The van der Waals surface area contributed by atoms with E-state index in [-0.39, 0.29) is 18.0 Å². The quantitative estimate of drug-likeness (QED) is 0.837. The largest absolute Gasteiger partial charge is 0.488 e. The molecule has 1 aromatic carbocycles. The molecule has 8 heteroatoms. The molecular formula is C13H16F2N4O2. The van der Waals surface area contributed by atoms with E-state index in [1.165, 1.54) is 20.0 Å². The van der Waals surface area contributed by atoms with Crippen molar-refractivity contribution < 1.29 is 13.5 Å². The zero-order valence-corrected chi connectivity index (χ0v) is 12.0. The molecule has 6 nitrogen and oxygen atoms in total. The highest BCUT2D eigenvalue weighted by Crippen LogP contribution is 2.26. The second-order valence-corrected chi connectivity index (χ2v) is 4.65. The first kappa shape index (κ1) is 15.1. The predicted octanol–water partition coefficient (Wildman–Crippen LogP) is 1.40. The molecule has 2 rings (SSSR count). The third-order valence-corrected chi connectivity index (χ3v) is 2.93. The van der Waals surface area contributed by atoms with Crippen molar-refractivity contribution in [1.29, 1.82) is 0 Å². The summed E-state index contributed by atoms with van der Waals surface area (Å²) in [6.45, 7) is 2.86. The molecular weight excluding hydrogens is 282 g/mol. The van der Waals surface area contributed by atoms with E-state index in [0.29, 0.717) is 12.0 Å². The van der Waals surface area contributed by atoms with Gasteiger partial charge in [0, 0.05) is 13.1 Å². The van der Waals surface area contributed by atoms with E-state index in [1.807, 2.05) is 0 Å². The van der Waals surface area contributed by atoms with Gasteiger partial charge in [-0.3, -0.25) is 0 Å². The highest BCUT2D eigenvalue weighted by molar-refractivity contribution is 5.49.